The van der Waals surface area contributed by atoms with Gasteiger partial charge in [0, 0.05) is 6.04 Å². The Morgan fingerprint density at radius 3 is 2.53 bits per heavy atom. The zero-order valence-corrected chi connectivity index (χ0v) is 10.4. The van der Waals surface area contributed by atoms with Crippen LogP contribution in [0.4, 0.5) is 0 Å². The van der Waals surface area contributed by atoms with Crippen molar-refractivity contribution in [1.29, 1.82) is 0 Å². The summed E-state index contributed by atoms with van der Waals surface area (Å²) in [6, 6.07) is 0.817. The number of nitrogens with zero attached hydrogens (tertiary/aromatic N) is 1. The van der Waals surface area contributed by atoms with Gasteiger partial charge in [0.15, 0.2) is 0 Å². The van der Waals surface area contributed by atoms with Crippen molar-refractivity contribution in [3.63, 3.8) is 0 Å². The molecule has 1 atom stereocenters. The Bertz CT molecular complexity index is 155. The second-order valence-corrected chi connectivity index (χ2v) is 4.98. The van der Waals surface area contributed by atoms with E-state index in [1.54, 1.807) is 0 Å². The van der Waals surface area contributed by atoms with Crippen LogP contribution in [0.25, 0.3) is 0 Å². The molecule has 0 spiro atoms. The summed E-state index contributed by atoms with van der Waals surface area (Å²) in [5.74, 6) is 0. The van der Waals surface area contributed by atoms with E-state index in [0.717, 1.165) is 31.8 Å². The number of aliphatic hydroxyl groups is 1. The molecule has 1 aliphatic rings. The maximum Gasteiger partial charge on any atom is 0.0538 e. The molecule has 0 amide bonds. The molecule has 0 saturated heterocycles. The van der Waals surface area contributed by atoms with Crippen molar-refractivity contribution in [2.24, 2.45) is 0 Å². The molecule has 1 saturated carbocycles. The molecule has 0 aliphatic heterocycles. The van der Waals surface area contributed by atoms with Crippen LogP contribution in [0.1, 0.15) is 58.3 Å². The van der Waals surface area contributed by atoms with Crippen LogP contribution >= 0.6 is 0 Å². The molecule has 1 rings (SSSR count). The van der Waals surface area contributed by atoms with E-state index >= 15 is 0 Å². The molecule has 90 valence electrons. The highest BCUT2D eigenvalue weighted by Crippen LogP contribution is 2.21. The molecular formula is C13H27NO. The number of hydrogen-bond acceptors (Lipinski definition) is 2. The van der Waals surface area contributed by atoms with E-state index in [4.69, 9.17) is 0 Å². The first-order valence-corrected chi connectivity index (χ1v) is 6.62. The summed E-state index contributed by atoms with van der Waals surface area (Å²) in [4.78, 5) is 2.50. The zero-order valence-electron chi connectivity index (χ0n) is 10.4. The maximum absolute atomic E-state index is 9.46. The summed E-state index contributed by atoms with van der Waals surface area (Å²) in [5.41, 5.74) is 0. The van der Waals surface area contributed by atoms with E-state index in [2.05, 4.69) is 18.9 Å². The summed E-state index contributed by atoms with van der Waals surface area (Å²) in [5, 5.41) is 9.46. The van der Waals surface area contributed by atoms with E-state index in [9.17, 15) is 5.11 Å². The molecule has 2 nitrogen and oxygen atoms in total. The smallest absolute Gasteiger partial charge is 0.0538 e. The van der Waals surface area contributed by atoms with Crippen LogP contribution in [0, 0.1) is 0 Å². The number of aliphatic hydroxyl groups excluding tert-OH is 1. The van der Waals surface area contributed by atoms with Crippen LogP contribution in [-0.4, -0.2) is 35.7 Å². The third-order valence-corrected chi connectivity index (χ3v) is 3.72. The third-order valence-electron chi connectivity index (χ3n) is 3.72. The van der Waals surface area contributed by atoms with E-state index in [0.29, 0.717) is 0 Å². The maximum atomic E-state index is 9.46. The second-order valence-electron chi connectivity index (χ2n) is 4.98. The van der Waals surface area contributed by atoms with E-state index in [1.807, 2.05) is 0 Å². The summed E-state index contributed by atoms with van der Waals surface area (Å²) in [7, 11) is 2.24. The molecule has 15 heavy (non-hydrogen) atoms. The Morgan fingerprint density at radius 1 is 1.27 bits per heavy atom. The summed E-state index contributed by atoms with van der Waals surface area (Å²) >= 11 is 0. The van der Waals surface area contributed by atoms with E-state index in [1.165, 1.54) is 32.1 Å². The van der Waals surface area contributed by atoms with Gasteiger partial charge >= 0.3 is 0 Å². The van der Waals surface area contributed by atoms with Crippen LogP contribution in [0.5, 0.6) is 0 Å². The molecule has 2 heteroatoms. The number of rotatable bonds is 6. The minimum atomic E-state index is -0.0789. The summed E-state index contributed by atoms with van der Waals surface area (Å²) in [6.07, 6.45) is 9.94. The van der Waals surface area contributed by atoms with Crippen LogP contribution in [0.3, 0.4) is 0 Å². The Kier molecular flexibility index (Phi) is 6.26. The highest BCUT2D eigenvalue weighted by Gasteiger charge is 2.17. The van der Waals surface area contributed by atoms with Crippen molar-refractivity contribution >= 4 is 0 Å². The van der Waals surface area contributed by atoms with E-state index in [-0.39, 0.29) is 6.10 Å². The first kappa shape index (κ1) is 13.0. The topological polar surface area (TPSA) is 23.5 Å². The van der Waals surface area contributed by atoms with Gasteiger partial charge < -0.3 is 10.0 Å². The van der Waals surface area contributed by atoms with Gasteiger partial charge in [-0.15, -0.1) is 0 Å². The molecule has 0 aromatic rings. The standard InChI is InChI=1S/C13H27NO/c1-3-13(15)10-7-11-14(2)12-8-5-4-6-9-12/h12-13,15H,3-11H2,1-2H3. The summed E-state index contributed by atoms with van der Waals surface area (Å²) < 4.78 is 0. The van der Waals surface area contributed by atoms with Crippen molar-refractivity contribution in [2.75, 3.05) is 13.6 Å². The van der Waals surface area contributed by atoms with Gasteiger partial charge in [-0.2, -0.15) is 0 Å². The SMILES string of the molecule is CCC(O)CCCN(C)C1CCCCC1. The zero-order chi connectivity index (χ0) is 11.1. The fourth-order valence-electron chi connectivity index (χ4n) is 2.48. The molecule has 1 fully saturated rings. The lowest BCUT2D eigenvalue weighted by atomic mass is 9.94. The van der Waals surface area contributed by atoms with Gasteiger partial charge in [-0.3, -0.25) is 0 Å². The first-order chi connectivity index (χ1) is 7.24. The molecule has 0 heterocycles. The lowest BCUT2D eigenvalue weighted by Crippen LogP contribution is -2.34. The van der Waals surface area contributed by atoms with Gasteiger partial charge in [0.05, 0.1) is 6.10 Å². The van der Waals surface area contributed by atoms with Crippen molar-refractivity contribution in [3.8, 4) is 0 Å². The fraction of sp³-hybridized carbons (Fsp3) is 1.00. The third kappa shape index (κ3) is 4.98. The Balaban J connectivity index is 2.09. The fourth-order valence-corrected chi connectivity index (χ4v) is 2.48. The monoisotopic (exact) mass is 213 g/mol. The highest BCUT2D eigenvalue weighted by atomic mass is 16.3. The average molecular weight is 213 g/mol. The summed E-state index contributed by atoms with van der Waals surface area (Å²) in [6.45, 7) is 3.21. The van der Waals surface area contributed by atoms with Crippen molar-refractivity contribution in [3.05, 3.63) is 0 Å². The quantitative estimate of drug-likeness (QED) is 0.733. The highest BCUT2D eigenvalue weighted by molar-refractivity contribution is 4.73. The minimum absolute atomic E-state index is 0.0789. The molecule has 0 aromatic carbocycles. The van der Waals surface area contributed by atoms with Gasteiger partial charge in [0.2, 0.25) is 0 Å². The molecule has 1 aliphatic carbocycles. The van der Waals surface area contributed by atoms with Gasteiger partial charge in [-0.05, 0) is 45.7 Å². The van der Waals surface area contributed by atoms with Gasteiger partial charge in [0.25, 0.3) is 0 Å². The molecular weight excluding hydrogens is 186 g/mol. The molecule has 0 bridgehead atoms. The largest absolute Gasteiger partial charge is 0.393 e. The van der Waals surface area contributed by atoms with Crippen LogP contribution < -0.4 is 0 Å². The lowest BCUT2D eigenvalue weighted by molar-refractivity contribution is 0.140. The lowest BCUT2D eigenvalue weighted by Gasteiger charge is -2.31. The van der Waals surface area contributed by atoms with Crippen LogP contribution in [-0.2, 0) is 0 Å². The van der Waals surface area contributed by atoms with Crippen LogP contribution in [0.2, 0.25) is 0 Å². The first-order valence-electron chi connectivity index (χ1n) is 6.62. The van der Waals surface area contributed by atoms with Crippen molar-refractivity contribution in [1.82, 2.24) is 4.90 Å². The van der Waals surface area contributed by atoms with Gasteiger partial charge in [-0.25, -0.2) is 0 Å². The normalized spacial score (nSPS) is 20.8. The Morgan fingerprint density at radius 2 is 1.93 bits per heavy atom. The van der Waals surface area contributed by atoms with Gasteiger partial charge in [0.1, 0.15) is 0 Å². The Labute approximate surface area is 94.7 Å². The minimum Gasteiger partial charge on any atom is -0.393 e. The van der Waals surface area contributed by atoms with Crippen molar-refractivity contribution < 1.29 is 5.11 Å². The van der Waals surface area contributed by atoms with Crippen LogP contribution in [0.15, 0.2) is 0 Å². The van der Waals surface area contributed by atoms with Crippen molar-refractivity contribution in [2.45, 2.75) is 70.4 Å². The predicted molar refractivity (Wildman–Crippen MR) is 65.0 cm³/mol. The van der Waals surface area contributed by atoms with E-state index < -0.39 is 0 Å². The Hall–Kier alpha value is -0.0800. The molecule has 1 N–H and O–H groups in total. The molecule has 0 radical (unpaired) electrons. The average Bonchev–Trinajstić information content (AvgIpc) is 2.29. The predicted octanol–water partition coefficient (Wildman–Crippen LogP) is 2.80. The van der Waals surface area contributed by atoms with Gasteiger partial charge in [-0.1, -0.05) is 26.2 Å². The molecule has 1 unspecified atom stereocenters. The molecule has 0 aromatic heterocycles. The second kappa shape index (κ2) is 7.24. The number of hydrogen-bond donors (Lipinski definition) is 1.